The highest BCUT2D eigenvalue weighted by atomic mass is 32.1. The SMILES string of the molecule is Cc1cc(-c2cscn2)c2c3c(n(C)c2n1)CCNC3. The van der Waals surface area contributed by atoms with Crippen molar-refractivity contribution in [1.29, 1.82) is 0 Å². The van der Waals surface area contributed by atoms with Crippen LogP contribution in [-0.2, 0) is 20.0 Å². The van der Waals surface area contributed by atoms with E-state index in [0.29, 0.717) is 0 Å². The number of thiazole rings is 1. The van der Waals surface area contributed by atoms with E-state index >= 15 is 0 Å². The molecule has 3 aromatic heterocycles. The summed E-state index contributed by atoms with van der Waals surface area (Å²) in [4.78, 5) is 9.26. The van der Waals surface area contributed by atoms with Gasteiger partial charge in [0.05, 0.1) is 11.2 Å². The predicted octanol–water partition coefficient (Wildman–Crippen LogP) is 2.65. The van der Waals surface area contributed by atoms with Crippen LogP contribution in [0.3, 0.4) is 0 Å². The van der Waals surface area contributed by atoms with Gasteiger partial charge in [-0.1, -0.05) is 0 Å². The van der Waals surface area contributed by atoms with Crippen LogP contribution in [0.15, 0.2) is 17.0 Å². The molecule has 0 aromatic carbocycles. The third-order valence-electron chi connectivity index (χ3n) is 4.05. The second-order valence-electron chi connectivity index (χ2n) is 5.29. The van der Waals surface area contributed by atoms with Crippen molar-refractivity contribution in [3.63, 3.8) is 0 Å². The molecule has 0 radical (unpaired) electrons. The van der Waals surface area contributed by atoms with Crippen LogP contribution in [0.2, 0.25) is 0 Å². The summed E-state index contributed by atoms with van der Waals surface area (Å²) in [6.45, 7) is 4.02. The minimum Gasteiger partial charge on any atom is -0.332 e. The topological polar surface area (TPSA) is 42.7 Å². The van der Waals surface area contributed by atoms with Crippen LogP contribution in [0.1, 0.15) is 17.0 Å². The summed E-state index contributed by atoms with van der Waals surface area (Å²) < 4.78 is 2.26. The second kappa shape index (κ2) is 4.40. The quantitative estimate of drug-likeness (QED) is 0.747. The lowest BCUT2D eigenvalue weighted by Crippen LogP contribution is -2.24. The zero-order valence-electron chi connectivity index (χ0n) is 11.6. The molecule has 1 aliphatic rings. The first-order valence-electron chi connectivity index (χ1n) is 6.83. The lowest BCUT2D eigenvalue weighted by Gasteiger charge is -2.14. The van der Waals surface area contributed by atoms with Crippen molar-refractivity contribution in [3.05, 3.63) is 33.9 Å². The third kappa shape index (κ3) is 1.63. The summed E-state index contributed by atoms with van der Waals surface area (Å²) in [7, 11) is 2.13. The average Bonchev–Trinajstić information content (AvgIpc) is 3.07. The van der Waals surface area contributed by atoms with E-state index in [-0.39, 0.29) is 0 Å². The van der Waals surface area contributed by atoms with Gasteiger partial charge in [-0.3, -0.25) is 0 Å². The lowest BCUT2D eigenvalue weighted by atomic mass is 10.0. The fourth-order valence-corrected chi connectivity index (χ4v) is 3.70. The molecular weight excluding hydrogens is 268 g/mol. The van der Waals surface area contributed by atoms with E-state index in [4.69, 9.17) is 4.98 Å². The maximum absolute atomic E-state index is 4.76. The van der Waals surface area contributed by atoms with Gasteiger partial charge in [0.2, 0.25) is 0 Å². The van der Waals surface area contributed by atoms with Gasteiger partial charge in [0.1, 0.15) is 5.65 Å². The lowest BCUT2D eigenvalue weighted by molar-refractivity contribution is 0.621. The first-order chi connectivity index (χ1) is 9.75. The molecule has 0 saturated heterocycles. The molecule has 4 heterocycles. The Labute approximate surface area is 121 Å². The molecule has 0 aliphatic carbocycles. The van der Waals surface area contributed by atoms with E-state index in [2.05, 4.69) is 40.3 Å². The van der Waals surface area contributed by atoms with Crippen LogP contribution in [0, 0.1) is 6.92 Å². The predicted molar refractivity (Wildman–Crippen MR) is 82.0 cm³/mol. The van der Waals surface area contributed by atoms with Crippen molar-refractivity contribution in [2.24, 2.45) is 7.05 Å². The second-order valence-corrected chi connectivity index (χ2v) is 6.01. The van der Waals surface area contributed by atoms with Crippen molar-refractivity contribution >= 4 is 22.4 Å². The molecule has 20 heavy (non-hydrogen) atoms. The fraction of sp³-hybridized carbons (Fsp3) is 0.333. The molecule has 4 nitrogen and oxygen atoms in total. The highest BCUT2D eigenvalue weighted by Gasteiger charge is 2.22. The van der Waals surface area contributed by atoms with Gasteiger partial charge in [0, 0.05) is 54.3 Å². The molecule has 0 amide bonds. The molecule has 5 heteroatoms. The number of hydrogen-bond acceptors (Lipinski definition) is 4. The molecule has 0 fully saturated rings. The highest BCUT2D eigenvalue weighted by molar-refractivity contribution is 7.07. The summed E-state index contributed by atoms with van der Waals surface area (Å²) in [5.41, 5.74) is 9.11. The van der Waals surface area contributed by atoms with E-state index < -0.39 is 0 Å². The fourth-order valence-electron chi connectivity index (χ4n) is 3.15. The number of aryl methyl sites for hydroxylation is 2. The molecule has 0 saturated carbocycles. The van der Waals surface area contributed by atoms with Crippen LogP contribution in [0.5, 0.6) is 0 Å². The van der Waals surface area contributed by atoms with E-state index in [1.807, 2.05) is 5.51 Å². The van der Waals surface area contributed by atoms with Gasteiger partial charge in [-0.2, -0.15) is 0 Å². The number of fused-ring (bicyclic) bond motifs is 3. The van der Waals surface area contributed by atoms with Crippen molar-refractivity contribution < 1.29 is 0 Å². The van der Waals surface area contributed by atoms with Crippen molar-refractivity contribution in [2.45, 2.75) is 19.9 Å². The molecular formula is C15H16N4S. The van der Waals surface area contributed by atoms with Crippen molar-refractivity contribution in [2.75, 3.05) is 6.54 Å². The number of hydrogen-bond donors (Lipinski definition) is 1. The Morgan fingerprint density at radius 2 is 2.30 bits per heavy atom. The van der Waals surface area contributed by atoms with Gasteiger partial charge in [-0.05, 0) is 18.6 Å². The molecule has 0 atom stereocenters. The monoisotopic (exact) mass is 284 g/mol. The molecule has 102 valence electrons. The van der Waals surface area contributed by atoms with Crippen LogP contribution >= 0.6 is 11.3 Å². The first kappa shape index (κ1) is 12.1. The number of nitrogens with zero attached hydrogens (tertiary/aromatic N) is 3. The third-order valence-corrected chi connectivity index (χ3v) is 4.64. The molecule has 3 aromatic rings. The molecule has 1 aliphatic heterocycles. The number of pyridine rings is 1. The van der Waals surface area contributed by atoms with Gasteiger partial charge in [0.25, 0.3) is 0 Å². The summed E-state index contributed by atoms with van der Waals surface area (Å²) in [5, 5.41) is 6.86. The van der Waals surface area contributed by atoms with E-state index in [9.17, 15) is 0 Å². The van der Waals surface area contributed by atoms with E-state index in [1.54, 1.807) is 11.3 Å². The Morgan fingerprint density at radius 1 is 1.40 bits per heavy atom. The largest absolute Gasteiger partial charge is 0.332 e. The smallest absolute Gasteiger partial charge is 0.141 e. The summed E-state index contributed by atoms with van der Waals surface area (Å²) in [6, 6.07) is 2.16. The normalized spacial score (nSPS) is 14.7. The van der Waals surface area contributed by atoms with Crippen LogP contribution < -0.4 is 5.32 Å². The van der Waals surface area contributed by atoms with Gasteiger partial charge in [-0.15, -0.1) is 11.3 Å². The number of nitrogens with one attached hydrogen (secondary N) is 1. The van der Waals surface area contributed by atoms with Crippen molar-refractivity contribution in [1.82, 2.24) is 19.9 Å². The van der Waals surface area contributed by atoms with Crippen molar-refractivity contribution in [3.8, 4) is 11.3 Å². The Morgan fingerprint density at radius 3 is 3.10 bits per heavy atom. The Hall–Kier alpha value is -1.72. The first-order valence-corrected chi connectivity index (χ1v) is 7.77. The summed E-state index contributed by atoms with van der Waals surface area (Å²) >= 11 is 1.64. The van der Waals surface area contributed by atoms with Crippen LogP contribution in [0.4, 0.5) is 0 Å². The summed E-state index contributed by atoms with van der Waals surface area (Å²) in [5.74, 6) is 0. The van der Waals surface area contributed by atoms with Crippen LogP contribution in [0.25, 0.3) is 22.3 Å². The molecule has 1 N–H and O–H groups in total. The van der Waals surface area contributed by atoms with Gasteiger partial charge >= 0.3 is 0 Å². The molecule has 0 bridgehead atoms. The van der Waals surface area contributed by atoms with E-state index in [0.717, 1.165) is 36.5 Å². The minimum absolute atomic E-state index is 0.925. The van der Waals surface area contributed by atoms with Crippen LogP contribution in [-0.4, -0.2) is 21.1 Å². The Kier molecular flexibility index (Phi) is 2.65. The standard InChI is InChI=1S/C15H16N4S/c1-9-5-10(12-7-20-8-17-12)14-11-6-16-4-3-13(11)19(2)15(14)18-9/h5,7-8,16H,3-4,6H2,1-2H3. The molecule has 0 unspecified atom stereocenters. The van der Waals surface area contributed by atoms with Gasteiger partial charge in [-0.25, -0.2) is 9.97 Å². The molecule has 0 spiro atoms. The maximum Gasteiger partial charge on any atom is 0.141 e. The molecule has 4 rings (SSSR count). The number of rotatable bonds is 1. The van der Waals surface area contributed by atoms with E-state index in [1.165, 1.54) is 22.2 Å². The van der Waals surface area contributed by atoms with Gasteiger partial charge < -0.3 is 9.88 Å². The Balaban J connectivity index is 2.13. The average molecular weight is 284 g/mol. The number of aromatic nitrogens is 3. The maximum atomic E-state index is 4.76. The Bertz CT molecular complexity index is 786. The zero-order chi connectivity index (χ0) is 13.7. The summed E-state index contributed by atoms with van der Waals surface area (Å²) in [6.07, 6.45) is 1.07. The minimum atomic E-state index is 0.925. The van der Waals surface area contributed by atoms with Gasteiger partial charge in [0.15, 0.2) is 0 Å². The zero-order valence-corrected chi connectivity index (χ0v) is 12.4. The highest BCUT2D eigenvalue weighted by Crippen LogP contribution is 2.35.